The van der Waals surface area contributed by atoms with Gasteiger partial charge in [-0.1, -0.05) is 6.07 Å². The van der Waals surface area contributed by atoms with Gasteiger partial charge in [0.15, 0.2) is 11.6 Å². The monoisotopic (exact) mass is 396 g/mol. The lowest BCUT2D eigenvalue weighted by atomic mass is 10.1. The van der Waals surface area contributed by atoms with Gasteiger partial charge in [-0.3, -0.25) is 9.48 Å². The number of likely N-dealkylation sites (N-methyl/N-ethyl adjacent to an activating group) is 1. The molecule has 1 heterocycles. The number of halogens is 2. The number of hydrogen-bond acceptors (Lipinski definition) is 4. The number of carbonyl (C=O) groups excluding carboxylic acids is 1. The molecule has 2 N–H and O–H groups in total. The molecule has 0 radical (unpaired) electrons. The van der Waals surface area contributed by atoms with E-state index in [0.717, 1.165) is 18.4 Å². The van der Waals surface area contributed by atoms with Crippen LogP contribution < -0.4 is 15.4 Å². The minimum Gasteiger partial charge on any atom is -0.490 e. The highest BCUT2D eigenvalue weighted by Gasteiger charge is 2.24. The van der Waals surface area contributed by atoms with E-state index < -0.39 is 11.9 Å². The SMILES string of the molecule is CNC(C(=O)NC(C)c1ccc(OCC2CC2)c(F)c1)c1cnn(C)c1.Cl. The molecule has 0 saturated heterocycles. The average Bonchev–Trinajstić information content (AvgIpc) is 3.34. The fourth-order valence-corrected chi connectivity index (χ4v) is 2.81. The highest BCUT2D eigenvalue weighted by molar-refractivity contribution is 5.85. The molecule has 3 rings (SSSR count). The molecule has 1 aliphatic rings. The number of nitrogens with one attached hydrogen (secondary N) is 2. The molecule has 0 bridgehead atoms. The summed E-state index contributed by atoms with van der Waals surface area (Å²) in [6.45, 7) is 2.39. The standard InChI is InChI=1S/C19H25FN4O2.ClH/c1-12(23-19(25)18(21-2)15-9-22-24(3)10-15)14-6-7-17(16(20)8-14)26-11-13-4-5-13;/h6-10,12-13,18,21H,4-5,11H2,1-3H3,(H,23,25);1H. The van der Waals surface area contributed by atoms with Gasteiger partial charge in [-0.05, 0) is 50.4 Å². The highest BCUT2D eigenvalue weighted by Crippen LogP contribution is 2.30. The summed E-state index contributed by atoms with van der Waals surface area (Å²) in [5.41, 5.74) is 1.46. The predicted molar refractivity (Wildman–Crippen MR) is 103 cm³/mol. The number of aromatic nitrogens is 2. The summed E-state index contributed by atoms with van der Waals surface area (Å²) >= 11 is 0. The number of benzene rings is 1. The van der Waals surface area contributed by atoms with Crippen LogP contribution in [-0.2, 0) is 11.8 Å². The second-order valence-electron chi connectivity index (χ2n) is 6.84. The molecule has 148 valence electrons. The third kappa shape index (κ3) is 5.43. The summed E-state index contributed by atoms with van der Waals surface area (Å²) < 4.78 is 21.4. The van der Waals surface area contributed by atoms with E-state index in [-0.39, 0.29) is 30.1 Å². The Morgan fingerprint density at radius 2 is 2.15 bits per heavy atom. The average molecular weight is 397 g/mol. The summed E-state index contributed by atoms with van der Waals surface area (Å²) in [6, 6.07) is 3.99. The van der Waals surface area contributed by atoms with Gasteiger partial charge >= 0.3 is 0 Å². The van der Waals surface area contributed by atoms with Crippen molar-refractivity contribution in [2.75, 3.05) is 13.7 Å². The lowest BCUT2D eigenvalue weighted by Crippen LogP contribution is -2.37. The van der Waals surface area contributed by atoms with Gasteiger partial charge in [0.25, 0.3) is 0 Å². The minimum atomic E-state index is -0.517. The van der Waals surface area contributed by atoms with E-state index in [2.05, 4.69) is 15.7 Å². The van der Waals surface area contributed by atoms with Crippen LogP contribution in [0.1, 0.15) is 43.0 Å². The fraction of sp³-hybridized carbons (Fsp3) is 0.474. The van der Waals surface area contributed by atoms with Crippen molar-refractivity contribution in [1.29, 1.82) is 0 Å². The Morgan fingerprint density at radius 3 is 2.70 bits per heavy atom. The van der Waals surface area contributed by atoms with E-state index in [4.69, 9.17) is 4.74 Å². The maximum Gasteiger partial charge on any atom is 0.242 e. The van der Waals surface area contributed by atoms with Gasteiger partial charge in [-0.25, -0.2) is 4.39 Å². The zero-order valence-electron chi connectivity index (χ0n) is 15.7. The quantitative estimate of drug-likeness (QED) is 0.720. The van der Waals surface area contributed by atoms with Crippen LogP contribution in [0.25, 0.3) is 0 Å². The molecule has 2 aromatic rings. The molecule has 0 spiro atoms. The van der Waals surface area contributed by atoms with Gasteiger partial charge in [0.2, 0.25) is 5.91 Å². The molecule has 1 aromatic carbocycles. The van der Waals surface area contributed by atoms with Gasteiger partial charge in [0.05, 0.1) is 18.8 Å². The summed E-state index contributed by atoms with van der Waals surface area (Å²) in [5.74, 6) is 0.241. The molecule has 1 aromatic heterocycles. The van der Waals surface area contributed by atoms with E-state index in [1.54, 1.807) is 43.3 Å². The van der Waals surface area contributed by atoms with Crippen LogP contribution in [-0.4, -0.2) is 29.3 Å². The summed E-state index contributed by atoms with van der Waals surface area (Å²) in [6.07, 6.45) is 5.76. The smallest absolute Gasteiger partial charge is 0.242 e. The van der Waals surface area contributed by atoms with E-state index >= 15 is 0 Å². The van der Waals surface area contributed by atoms with Crippen LogP contribution in [0.15, 0.2) is 30.6 Å². The Labute approximate surface area is 164 Å². The summed E-state index contributed by atoms with van der Waals surface area (Å²) in [5, 5.41) is 9.99. The normalized spacial score (nSPS) is 15.6. The molecule has 2 unspecified atom stereocenters. The van der Waals surface area contributed by atoms with E-state index in [0.29, 0.717) is 18.1 Å². The molecule has 2 atom stereocenters. The Bertz CT molecular complexity index is 779. The maximum absolute atomic E-state index is 14.3. The first-order chi connectivity index (χ1) is 12.5. The van der Waals surface area contributed by atoms with Crippen molar-refractivity contribution >= 4 is 18.3 Å². The lowest BCUT2D eigenvalue weighted by molar-refractivity contribution is -0.123. The molecule has 1 saturated carbocycles. The molecule has 1 amide bonds. The third-order valence-corrected chi connectivity index (χ3v) is 4.60. The Kier molecular flexibility index (Phi) is 7.21. The van der Waals surface area contributed by atoms with Crippen molar-refractivity contribution in [1.82, 2.24) is 20.4 Å². The molecule has 1 fully saturated rings. The second-order valence-corrected chi connectivity index (χ2v) is 6.84. The molecule has 0 aliphatic heterocycles. The van der Waals surface area contributed by atoms with Gasteiger partial charge in [-0.15, -0.1) is 12.4 Å². The van der Waals surface area contributed by atoms with Crippen LogP contribution in [0.4, 0.5) is 4.39 Å². The van der Waals surface area contributed by atoms with Gasteiger partial charge in [0, 0.05) is 18.8 Å². The Hall–Kier alpha value is -2.12. The number of hydrogen-bond donors (Lipinski definition) is 2. The van der Waals surface area contributed by atoms with Crippen molar-refractivity contribution in [3.63, 3.8) is 0 Å². The largest absolute Gasteiger partial charge is 0.490 e. The van der Waals surface area contributed by atoms with Crippen LogP contribution in [0.5, 0.6) is 5.75 Å². The molecule has 27 heavy (non-hydrogen) atoms. The second kappa shape index (κ2) is 9.19. The molecular weight excluding hydrogens is 371 g/mol. The topological polar surface area (TPSA) is 68.2 Å². The molecular formula is C19H26ClFN4O2. The zero-order chi connectivity index (χ0) is 18.7. The van der Waals surface area contributed by atoms with Crippen molar-refractivity contribution in [3.8, 4) is 5.75 Å². The maximum atomic E-state index is 14.3. The summed E-state index contributed by atoms with van der Waals surface area (Å²) in [4.78, 5) is 12.6. The number of rotatable bonds is 8. The van der Waals surface area contributed by atoms with Crippen LogP contribution in [0.3, 0.4) is 0 Å². The van der Waals surface area contributed by atoms with Gasteiger partial charge in [-0.2, -0.15) is 5.10 Å². The number of ether oxygens (including phenoxy) is 1. The van der Waals surface area contributed by atoms with Crippen molar-refractivity contribution in [3.05, 3.63) is 47.5 Å². The predicted octanol–water partition coefficient (Wildman–Crippen LogP) is 2.91. The number of aryl methyl sites for hydroxylation is 1. The Morgan fingerprint density at radius 1 is 1.41 bits per heavy atom. The zero-order valence-corrected chi connectivity index (χ0v) is 16.6. The van der Waals surface area contributed by atoms with Gasteiger partial charge in [0.1, 0.15) is 6.04 Å². The fourth-order valence-electron chi connectivity index (χ4n) is 2.81. The first-order valence-corrected chi connectivity index (χ1v) is 8.86. The molecule has 8 heteroatoms. The minimum absolute atomic E-state index is 0. The summed E-state index contributed by atoms with van der Waals surface area (Å²) in [7, 11) is 3.51. The van der Waals surface area contributed by atoms with Gasteiger partial charge < -0.3 is 15.4 Å². The molecule has 1 aliphatic carbocycles. The molecule has 6 nitrogen and oxygen atoms in total. The number of nitrogens with zero attached hydrogens (tertiary/aromatic N) is 2. The van der Waals surface area contributed by atoms with Crippen molar-refractivity contribution < 1.29 is 13.9 Å². The van der Waals surface area contributed by atoms with E-state index in [1.165, 1.54) is 6.07 Å². The first-order valence-electron chi connectivity index (χ1n) is 8.86. The van der Waals surface area contributed by atoms with Crippen molar-refractivity contribution in [2.45, 2.75) is 31.8 Å². The Balaban J connectivity index is 0.00000261. The van der Waals surface area contributed by atoms with E-state index in [9.17, 15) is 9.18 Å². The van der Waals surface area contributed by atoms with Crippen LogP contribution in [0, 0.1) is 11.7 Å². The lowest BCUT2D eigenvalue weighted by Gasteiger charge is -2.20. The number of carbonyl (C=O) groups is 1. The van der Waals surface area contributed by atoms with Crippen LogP contribution in [0.2, 0.25) is 0 Å². The number of amides is 1. The van der Waals surface area contributed by atoms with Crippen LogP contribution >= 0.6 is 12.4 Å². The highest BCUT2D eigenvalue weighted by atomic mass is 35.5. The van der Waals surface area contributed by atoms with Crippen molar-refractivity contribution in [2.24, 2.45) is 13.0 Å². The third-order valence-electron chi connectivity index (χ3n) is 4.60. The first kappa shape index (κ1) is 21.2. The van der Waals surface area contributed by atoms with E-state index in [1.807, 2.05) is 6.92 Å².